The zero-order chi connectivity index (χ0) is 21.1. The maximum Gasteiger partial charge on any atom is 0.127 e. The van der Waals surface area contributed by atoms with Crippen LogP contribution in [0.5, 0.6) is 5.75 Å². The predicted octanol–water partition coefficient (Wildman–Crippen LogP) is 5.38. The van der Waals surface area contributed by atoms with E-state index in [1.807, 2.05) is 18.2 Å². The minimum atomic E-state index is 0.0226. The first-order valence-corrected chi connectivity index (χ1v) is 10.1. The summed E-state index contributed by atoms with van der Waals surface area (Å²) in [5, 5.41) is 11.1. The quantitative estimate of drug-likeness (QED) is 0.697. The molecule has 0 bridgehead atoms. The first kappa shape index (κ1) is 22.4. The molecule has 0 saturated carbocycles. The van der Waals surface area contributed by atoms with Crippen LogP contribution in [0.15, 0.2) is 42.5 Å². The molecule has 1 N–H and O–H groups in total. The van der Waals surface area contributed by atoms with Crippen molar-refractivity contribution >= 4 is 0 Å². The van der Waals surface area contributed by atoms with E-state index in [0.717, 1.165) is 36.3 Å². The minimum absolute atomic E-state index is 0.0226. The largest absolute Gasteiger partial charge is 0.507 e. The number of phenols is 1. The number of hydrogen-bond donors (Lipinski definition) is 1. The van der Waals surface area contributed by atoms with E-state index in [1.54, 1.807) is 0 Å². The highest BCUT2D eigenvalue weighted by atomic mass is 16.3. The van der Waals surface area contributed by atoms with Gasteiger partial charge in [-0.15, -0.1) is 0 Å². The lowest BCUT2D eigenvalue weighted by atomic mass is 9.83. The highest BCUT2D eigenvalue weighted by molar-refractivity contribution is 5.73. The summed E-state index contributed by atoms with van der Waals surface area (Å²) in [6.45, 7) is 14.0. The molecule has 0 aliphatic carbocycles. The van der Waals surface area contributed by atoms with Crippen LogP contribution in [0, 0.1) is 5.41 Å². The zero-order valence-corrected chi connectivity index (χ0v) is 19.0. The van der Waals surface area contributed by atoms with Crippen LogP contribution in [0.4, 0.5) is 0 Å². The van der Waals surface area contributed by atoms with E-state index in [0.29, 0.717) is 5.75 Å². The Kier molecular flexibility index (Phi) is 6.95. The third-order valence-corrected chi connectivity index (χ3v) is 5.02. The summed E-state index contributed by atoms with van der Waals surface area (Å²) in [4.78, 5) is 4.55. The molecule has 0 unspecified atom stereocenters. The first-order chi connectivity index (χ1) is 12.9. The summed E-state index contributed by atoms with van der Waals surface area (Å²) in [5.41, 5.74) is 4.42. The molecule has 0 aromatic heterocycles. The maximum atomic E-state index is 11.1. The highest BCUT2D eigenvalue weighted by Gasteiger charge is 2.23. The fourth-order valence-corrected chi connectivity index (χ4v) is 4.07. The van der Waals surface area contributed by atoms with Crippen molar-refractivity contribution < 1.29 is 5.11 Å². The van der Waals surface area contributed by atoms with Crippen LogP contribution in [0.1, 0.15) is 45.7 Å². The number of benzene rings is 2. The Bertz CT molecular complexity index is 773. The molecule has 0 amide bonds. The normalized spacial score (nSPS) is 12.8. The monoisotopic (exact) mass is 382 g/mol. The second-order valence-corrected chi connectivity index (χ2v) is 10.2. The van der Waals surface area contributed by atoms with E-state index >= 15 is 0 Å². The van der Waals surface area contributed by atoms with Gasteiger partial charge in [0.2, 0.25) is 0 Å². The molecule has 28 heavy (non-hydrogen) atoms. The summed E-state index contributed by atoms with van der Waals surface area (Å²) in [6, 6.07) is 14.5. The van der Waals surface area contributed by atoms with E-state index in [4.69, 9.17) is 0 Å². The van der Waals surface area contributed by atoms with Crippen molar-refractivity contribution in [3.8, 4) is 16.9 Å². The van der Waals surface area contributed by atoms with Gasteiger partial charge in [-0.05, 0) is 49.2 Å². The topological polar surface area (TPSA) is 26.7 Å². The Morgan fingerprint density at radius 3 is 2.00 bits per heavy atom. The van der Waals surface area contributed by atoms with Crippen LogP contribution >= 0.6 is 0 Å². The summed E-state index contributed by atoms with van der Waals surface area (Å²) < 4.78 is 0. The summed E-state index contributed by atoms with van der Waals surface area (Å²) >= 11 is 0. The van der Waals surface area contributed by atoms with Crippen LogP contribution in [-0.4, -0.2) is 49.1 Å². The standard InChI is InChI=1S/C25H38N2O/c1-24(2,3)21-14-20(16-27(8)18-25(4,5)17-26(6)7)23(28)22(15-21)19-12-10-9-11-13-19/h9-15,28H,16-18H2,1-8H3. The average molecular weight is 383 g/mol. The minimum Gasteiger partial charge on any atom is -0.507 e. The number of phenolic OH excluding ortho intramolecular Hbond substituents is 1. The van der Waals surface area contributed by atoms with Crippen LogP contribution in [0.2, 0.25) is 0 Å². The van der Waals surface area contributed by atoms with Gasteiger partial charge in [0, 0.05) is 30.8 Å². The van der Waals surface area contributed by atoms with Crippen molar-refractivity contribution in [2.24, 2.45) is 5.41 Å². The number of hydrogen-bond acceptors (Lipinski definition) is 3. The number of nitrogens with zero attached hydrogens (tertiary/aromatic N) is 2. The average Bonchev–Trinajstić information content (AvgIpc) is 2.54. The molecule has 2 aromatic rings. The molecular formula is C25H38N2O. The molecule has 154 valence electrons. The van der Waals surface area contributed by atoms with Crippen molar-refractivity contribution in [3.05, 3.63) is 53.6 Å². The summed E-state index contributed by atoms with van der Waals surface area (Å²) in [6.07, 6.45) is 0. The third kappa shape index (κ3) is 6.08. The van der Waals surface area contributed by atoms with Crippen LogP contribution in [0.25, 0.3) is 11.1 Å². The van der Waals surface area contributed by atoms with Gasteiger partial charge in [0.05, 0.1) is 0 Å². The van der Waals surface area contributed by atoms with Gasteiger partial charge >= 0.3 is 0 Å². The van der Waals surface area contributed by atoms with Gasteiger partial charge in [-0.2, -0.15) is 0 Å². The lowest BCUT2D eigenvalue weighted by Crippen LogP contribution is -2.38. The molecule has 0 spiro atoms. The molecule has 2 aromatic carbocycles. The summed E-state index contributed by atoms with van der Waals surface area (Å²) in [7, 11) is 6.38. The Morgan fingerprint density at radius 2 is 1.46 bits per heavy atom. The van der Waals surface area contributed by atoms with Crippen molar-refractivity contribution in [1.82, 2.24) is 9.80 Å². The van der Waals surface area contributed by atoms with Crippen LogP contribution in [0.3, 0.4) is 0 Å². The SMILES string of the molecule is CN(C)CC(C)(C)CN(C)Cc1cc(C(C)(C)C)cc(-c2ccccc2)c1O. The van der Waals surface area contributed by atoms with Crippen LogP contribution in [-0.2, 0) is 12.0 Å². The van der Waals surface area contributed by atoms with Gasteiger partial charge < -0.3 is 14.9 Å². The molecule has 0 radical (unpaired) electrons. The fourth-order valence-electron chi connectivity index (χ4n) is 4.07. The van der Waals surface area contributed by atoms with Gasteiger partial charge in [-0.1, -0.05) is 71.0 Å². The van der Waals surface area contributed by atoms with E-state index in [2.05, 4.69) is 89.8 Å². The fraction of sp³-hybridized carbons (Fsp3) is 0.520. The maximum absolute atomic E-state index is 11.1. The molecular weight excluding hydrogens is 344 g/mol. The Morgan fingerprint density at radius 1 is 0.857 bits per heavy atom. The molecule has 0 saturated heterocycles. The van der Waals surface area contributed by atoms with Gasteiger partial charge in [0.25, 0.3) is 0 Å². The van der Waals surface area contributed by atoms with Gasteiger partial charge in [0.1, 0.15) is 5.75 Å². The van der Waals surface area contributed by atoms with Gasteiger partial charge in [-0.25, -0.2) is 0 Å². The Labute approximate surface area is 172 Å². The lowest BCUT2D eigenvalue weighted by molar-refractivity contribution is 0.159. The van der Waals surface area contributed by atoms with Crippen molar-refractivity contribution in [1.29, 1.82) is 0 Å². The Balaban J connectivity index is 2.38. The summed E-state index contributed by atoms with van der Waals surface area (Å²) in [5.74, 6) is 0.400. The zero-order valence-electron chi connectivity index (χ0n) is 19.0. The lowest BCUT2D eigenvalue weighted by Gasteiger charge is -2.33. The Hall–Kier alpha value is -1.84. The molecule has 3 heteroatoms. The van der Waals surface area contributed by atoms with Gasteiger partial charge in [-0.3, -0.25) is 0 Å². The van der Waals surface area contributed by atoms with E-state index < -0.39 is 0 Å². The second kappa shape index (κ2) is 8.67. The molecule has 0 aliphatic heterocycles. The van der Waals surface area contributed by atoms with Crippen molar-refractivity contribution in [2.75, 3.05) is 34.2 Å². The first-order valence-electron chi connectivity index (χ1n) is 10.1. The van der Waals surface area contributed by atoms with Crippen LogP contribution < -0.4 is 0 Å². The van der Waals surface area contributed by atoms with Crippen molar-refractivity contribution in [3.63, 3.8) is 0 Å². The molecule has 0 aliphatic rings. The van der Waals surface area contributed by atoms with Crippen molar-refractivity contribution in [2.45, 2.75) is 46.6 Å². The molecule has 0 fully saturated rings. The smallest absolute Gasteiger partial charge is 0.127 e. The molecule has 0 heterocycles. The highest BCUT2D eigenvalue weighted by Crippen LogP contribution is 2.37. The van der Waals surface area contributed by atoms with Gasteiger partial charge in [0.15, 0.2) is 0 Å². The molecule has 3 nitrogen and oxygen atoms in total. The molecule has 2 rings (SSSR count). The number of rotatable bonds is 7. The second-order valence-electron chi connectivity index (χ2n) is 10.2. The van der Waals surface area contributed by atoms with E-state index in [9.17, 15) is 5.11 Å². The number of aromatic hydroxyl groups is 1. The predicted molar refractivity (Wildman–Crippen MR) is 121 cm³/mol. The third-order valence-electron chi connectivity index (χ3n) is 5.02. The van der Waals surface area contributed by atoms with E-state index in [-0.39, 0.29) is 10.8 Å². The van der Waals surface area contributed by atoms with E-state index in [1.165, 1.54) is 5.56 Å². The molecule has 0 atom stereocenters.